The molecule has 2 N–H and O–H groups in total. The topological polar surface area (TPSA) is 78.9 Å². The summed E-state index contributed by atoms with van der Waals surface area (Å²) in [5.74, 6) is -0.991. The SMILES string of the molecule is CCC(C)N(CCOC)C(=O)Nc1ccc(C(=O)O)cc1. The third-order valence-corrected chi connectivity index (χ3v) is 3.30. The minimum absolute atomic E-state index is 0.0958. The first-order chi connectivity index (χ1) is 9.99. The lowest BCUT2D eigenvalue weighted by Crippen LogP contribution is -2.43. The van der Waals surface area contributed by atoms with E-state index in [1.807, 2.05) is 13.8 Å². The number of aromatic carboxylic acids is 1. The van der Waals surface area contributed by atoms with Gasteiger partial charge in [-0.1, -0.05) is 6.92 Å². The Labute approximate surface area is 124 Å². The maximum Gasteiger partial charge on any atom is 0.335 e. The summed E-state index contributed by atoms with van der Waals surface area (Å²) >= 11 is 0. The smallest absolute Gasteiger partial charge is 0.335 e. The predicted octanol–water partition coefficient (Wildman–Crippen LogP) is 2.66. The van der Waals surface area contributed by atoms with E-state index in [2.05, 4.69) is 5.32 Å². The number of hydrogen-bond acceptors (Lipinski definition) is 3. The summed E-state index contributed by atoms with van der Waals surface area (Å²) in [7, 11) is 1.59. The van der Waals surface area contributed by atoms with Gasteiger partial charge in [-0.15, -0.1) is 0 Å². The van der Waals surface area contributed by atoms with Crippen molar-refractivity contribution in [2.45, 2.75) is 26.3 Å². The van der Waals surface area contributed by atoms with E-state index < -0.39 is 5.97 Å². The van der Waals surface area contributed by atoms with Crippen molar-refractivity contribution in [3.05, 3.63) is 29.8 Å². The molecule has 6 nitrogen and oxygen atoms in total. The van der Waals surface area contributed by atoms with Gasteiger partial charge in [-0.05, 0) is 37.6 Å². The Balaban J connectivity index is 2.73. The second-order valence-electron chi connectivity index (χ2n) is 4.76. The van der Waals surface area contributed by atoms with Crippen LogP contribution >= 0.6 is 0 Å². The number of urea groups is 1. The second kappa shape index (κ2) is 8.26. The lowest BCUT2D eigenvalue weighted by atomic mass is 10.2. The van der Waals surface area contributed by atoms with E-state index in [9.17, 15) is 9.59 Å². The van der Waals surface area contributed by atoms with Crippen LogP contribution in [0.25, 0.3) is 0 Å². The molecule has 6 heteroatoms. The van der Waals surface area contributed by atoms with Crippen molar-refractivity contribution in [3.63, 3.8) is 0 Å². The van der Waals surface area contributed by atoms with Gasteiger partial charge in [-0.3, -0.25) is 0 Å². The van der Waals surface area contributed by atoms with Gasteiger partial charge in [0, 0.05) is 25.4 Å². The van der Waals surface area contributed by atoms with Crippen LogP contribution in [-0.2, 0) is 4.74 Å². The van der Waals surface area contributed by atoms with Crippen molar-refractivity contribution in [1.29, 1.82) is 0 Å². The van der Waals surface area contributed by atoms with E-state index in [4.69, 9.17) is 9.84 Å². The van der Waals surface area contributed by atoms with Crippen molar-refractivity contribution in [1.82, 2.24) is 4.90 Å². The predicted molar refractivity (Wildman–Crippen MR) is 80.8 cm³/mol. The van der Waals surface area contributed by atoms with Crippen molar-refractivity contribution < 1.29 is 19.4 Å². The number of rotatable bonds is 7. The van der Waals surface area contributed by atoms with E-state index in [-0.39, 0.29) is 17.6 Å². The first-order valence-corrected chi connectivity index (χ1v) is 6.89. The molecule has 1 rings (SSSR count). The van der Waals surface area contributed by atoms with Gasteiger partial charge in [-0.2, -0.15) is 0 Å². The molecule has 1 unspecified atom stereocenters. The molecule has 0 aliphatic rings. The number of benzene rings is 1. The summed E-state index contributed by atoms with van der Waals surface area (Å²) in [6.07, 6.45) is 0.842. The number of carbonyl (C=O) groups is 2. The molecule has 0 radical (unpaired) electrons. The van der Waals surface area contributed by atoms with Crippen LogP contribution in [-0.4, -0.2) is 48.3 Å². The number of carboxylic acids is 1. The molecule has 116 valence electrons. The minimum atomic E-state index is -0.991. The number of nitrogens with zero attached hydrogens (tertiary/aromatic N) is 1. The third-order valence-electron chi connectivity index (χ3n) is 3.30. The molecule has 0 aromatic heterocycles. The Kier molecular flexibility index (Phi) is 6.68. The van der Waals surface area contributed by atoms with Gasteiger partial charge in [0.15, 0.2) is 0 Å². The summed E-state index contributed by atoms with van der Waals surface area (Å²) in [5, 5.41) is 11.6. The Morgan fingerprint density at radius 2 is 1.95 bits per heavy atom. The van der Waals surface area contributed by atoms with Crippen molar-refractivity contribution in [2.24, 2.45) is 0 Å². The summed E-state index contributed by atoms with van der Waals surface area (Å²) in [5.41, 5.74) is 0.752. The number of nitrogens with one attached hydrogen (secondary N) is 1. The van der Waals surface area contributed by atoms with E-state index in [1.54, 1.807) is 24.1 Å². The lowest BCUT2D eigenvalue weighted by molar-refractivity contribution is 0.0697. The largest absolute Gasteiger partial charge is 0.478 e. The summed E-state index contributed by atoms with van der Waals surface area (Å²) in [6, 6.07) is 5.95. The highest BCUT2D eigenvalue weighted by Crippen LogP contribution is 2.12. The van der Waals surface area contributed by atoms with Crippen LogP contribution in [0.4, 0.5) is 10.5 Å². The molecular formula is C15H22N2O4. The quantitative estimate of drug-likeness (QED) is 0.810. The average Bonchev–Trinajstić information content (AvgIpc) is 2.47. The maximum atomic E-state index is 12.3. The van der Waals surface area contributed by atoms with Crippen molar-refractivity contribution in [2.75, 3.05) is 25.6 Å². The highest BCUT2D eigenvalue weighted by Gasteiger charge is 2.18. The highest BCUT2D eigenvalue weighted by molar-refractivity contribution is 5.91. The first kappa shape index (κ1) is 17.0. The molecule has 0 heterocycles. The molecule has 1 aromatic rings. The van der Waals surface area contributed by atoms with Gasteiger partial charge in [0.25, 0.3) is 0 Å². The number of methoxy groups -OCH3 is 1. The summed E-state index contributed by atoms with van der Waals surface area (Å²) in [4.78, 5) is 24.8. The Bertz CT molecular complexity index is 473. The zero-order chi connectivity index (χ0) is 15.8. The Morgan fingerprint density at radius 3 is 2.43 bits per heavy atom. The molecule has 1 aromatic carbocycles. The van der Waals surface area contributed by atoms with Crippen molar-refractivity contribution >= 4 is 17.7 Å². The molecule has 0 aliphatic carbocycles. The summed E-state index contributed by atoms with van der Waals surface area (Å²) < 4.78 is 5.02. The van der Waals surface area contributed by atoms with Crippen LogP contribution in [0.1, 0.15) is 30.6 Å². The molecule has 0 saturated carbocycles. The standard InChI is InChI=1S/C15H22N2O4/c1-4-11(2)17(9-10-21-3)15(20)16-13-7-5-12(6-8-13)14(18)19/h5-8,11H,4,9-10H2,1-3H3,(H,16,20)(H,18,19). The first-order valence-electron chi connectivity index (χ1n) is 6.89. The number of hydrogen-bond donors (Lipinski definition) is 2. The molecule has 0 bridgehead atoms. The van der Waals surface area contributed by atoms with Gasteiger partial charge in [-0.25, -0.2) is 9.59 Å². The molecule has 0 spiro atoms. The van der Waals surface area contributed by atoms with Gasteiger partial charge in [0.1, 0.15) is 0 Å². The van der Waals surface area contributed by atoms with Gasteiger partial charge < -0.3 is 20.1 Å². The van der Waals surface area contributed by atoms with Gasteiger partial charge in [0.2, 0.25) is 0 Å². The zero-order valence-corrected chi connectivity index (χ0v) is 12.6. The average molecular weight is 294 g/mol. The molecule has 0 fully saturated rings. The Hall–Kier alpha value is -2.08. The fraction of sp³-hybridized carbons (Fsp3) is 0.467. The zero-order valence-electron chi connectivity index (χ0n) is 12.6. The molecule has 1 atom stereocenters. The lowest BCUT2D eigenvalue weighted by Gasteiger charge is -2.28. The highest BCUT2D eigenvalue weighted by atomic mass is 16.5. The molecular weight excluding hydrogens is 272 g/mol. The van der Waals surface area contributed by atoms with E-state index in [1.165, 1.54) is 12.1 Å². The second-order valence-corrected chi connectivity index (χ2v) is 4.76. The number of ether oxygens (including phenoxy) is 1. The molecule has 21 heavy (non-hydrogen) atoms. The van der Waals surface area contributed by atoms with E-state index >= 15 is 0 Å². The van der Waals surface area contributed by atoms with Crippen LogP contribution in [0.2, 0.25) is 0 Å². The monoisotopic (exact) mass is 294 g/mol. The van der Waals surface area contributed by atoms with E-state index in [0.29, 0.717) is 18.8 Å². The maximum absolute atomic E-state index is 12.3. The number of amides is 2. The van der Waals surface area contributed by atoms with Crippen LogP contribution in [0.15, 0.2) is 24.3 Å². The normalized spacial score (nSPS) is 11.8. The fourth-order valence-corrected chi connectivity index (χ4v) is 1.82. The number of carboxylic acid groups (broad SMARTS) is 1. The minimum Gasteiger partial charge on any atom is -0.478 e. The van der Waals surface area contributed by atoms with Crippen LogP contribution in [0, 0.1) is 0 Å². The number of anilines is 1. The molecule has 0 aliphatic heterocycles. The Morgan fingerprint density at radius 1 is 1.33 bits per heavy atom. The summed E-state index contributed by atoms with van der Waals surface area (Å²) in [6.45, 7) is 4.96. The van der Waals surface area contributed by atoms with Crippen LogP contribution in [0.3, 0.4) is 0 Å². The molecule has 2 amide bonds. The van der Waals surface area contributed by atoms with Gasteiger partial charge in [0.05, 0.1) is 12.2 Å². The van der Waals surface area contributed by atoms with E-state index in [0.717, 1.165) is 6.42 Å². The fourth-order valence-electron chi connectivity index (χ4n) is 1.82. The third kappa shape index (κ3) is 5.07. The number of carbonyl (C=O) groups excluding carboxylic acids is 1. The van der Waals surface area contributed by atoms with Gasteiger partial charge >= 0.3 is 12.0 Å². The van der Waals surface area contributed by atoms with Crippen molar-refractivity contribution in [3.8, 4) is 0 Å². The van der Waals surface area contributed by atoms with Crippen LogP contribution < -0.4 is 5.32 Å². The van der Waals surface area contributed by atoms with Crippen LogP contribution in [0.5, 0.6) is 0 Å². The molecule has 0 saturated heterocycles.